The first-order valence-corrected chi connectivity index (χ1v) is 10.1. The van der Waals surface area contributed by atoms with E-state index >= 15 is 0 Å². The molecular weight excluding hydrogens is 381 g/mol. The molecule has 1 saturated carbocycles. The van der Waals surface area contributed by atoms with Crippen molar-refractivity contribution in [1.82, 2.24) is 0 Å². The Morgan fingerprint density at radius 3 is 1.65 bits per heavy atom. The van der Waals surface area contributed by atoms with Crippen LogP contribution in [0.5, 0.6) is 0 Å². The molecule has 0 unspecified atom stereocenters. The van der Waals surface area contributed by atoms with Crippen LogP contribution in [-0.4, -0.2) is 18.5 Å². The molecule has 2 aliphatic heterocycles. The molecule has 0 aromatic rings. The Morgan fingerprint density at radius 2 is 1.35 bits per heavy atom. The van der Waals surface area contributed by atoms with Crippen molar-refractivity contribution < 1.29 is 21.8 Å². The van der Waals surface area contributed by atoms with Crippen molar-refractivity contribution in [2.45, 2.75) is 68.4 Å². The summed E-state index contributed by atoms with van der Waals surface area (Å²) in [5, 5.41) is 0. The predicted molar refractivity (Wildman–Crippen MR) is 109 cm³/mol. The third-order valence-electron chi connectivity index (χ3n) is 5.79. The summed E-state index contributed by atoms with van der Waals surface area (Å²) in [5.41, 5.74) is 1.26. The molecule has 1 saturated heterocycles. The van der Waals surface area contributed by atoms with E-state index in [9.17, 15) is 0 Å². The van der Waals surface area contributed by atoms with Crippen LogP contribution in [0.3, 0.4) is 0 Å². The van der Waals surface area contributed by atoms with E-state index < -0.39 is 0 Å². The van der Waals surface area contributed by atoms with Gasteiger partial charge in [0.15, 0.2) is 5.90 Å². The Morgan fingerprint density at radius 1 is 0.885 bits per heavy atom. The maximum Gasteiger partial charge on any atom is 0.197 e. The average Bonchev–Trinajstić information content (AvgIpc) is 3.23. The summed E-state index contributed by atoms with van der Waals surface area (Å²) < 4.78 is 5.68. The third-order valence-corrected chi connectivity index (χ3v) is 7.09. The predicted octanol–water partition coefficient (Wildman–Crippen LogP) is 6.25. The quantitative estimate of drug-likeness (QED) is 0.387. The molecule has 1 atom stereocenters. The molecule has 0 aromatic carbocycles. The molecule has 144 valence electrons. The van der Waals surface area contributed by atoms with Crippen LogP contribution in [-0.2, 0) is 21.8 Å². The van der Waals surface area contributed by atoms with Crippen LogP contribution in [0, 0.1) is 59.2 Å². The summed E-state index contributed by atoms with van der Waals surface area (Å²) in [4.78, 5) is 4.65. The van der Waals surface area contributed by atoms with Crippen LogP contribution in [0.1, 0.15) is 62.3 Å². The molecule has 0 bridgehead atoms. The molecule has 3 rings (SSSR count). The van der Waals surface area contributed by atoms with Crippen molar-refractivity contribution in [1.29, 1.82) is 0 Å². The zero-order chi connectivity index (χ0) is 18.9. The van der Waals surface area contributed by atoms with Crippen molar-refractivity contribution >= 4 is 14.5 Å². The Hall–Kier alpha value is 0.419. The fourth-order valence-corrected chi connectivity index (χ4v) is 4.14. The van der Waals surface area contributed by atoms with E-state index in [0.29, 0.717) is 12.0 Å². The number of aliphatic imine (C=N–C) groups is 1. The summed E-state index contributed by atoms with van der Waals surface area (Å²) in [6, 6.07) is 0.344. The smallest absolute Gasteiger partial charge is 0.197 e. The fraction of sp³-hybridized carbons (Fsp3) is 0.545. The van der Waals surface area contributed by atoms with E-state index in [1.807, 2.05) is 0 Å². The van der Waals surface area contributed by atoms with Gasteiger partial charge in [-0.2, -0.15) is 0 Å². The van der Waals surface area contributed by atoms with Crippen molar-refractivity contribution in [3.05, 3.63) is 53.2 Å². The van der Waals surface area contributed by atoms with E-state index in [2.05, 4.69) is 73.5 Å². The minimum atomic E-state index is 0. The summed E-state index contributed by atoms with van der Waals surface area (Å²) in [6.45, 7) is 20.4. The second-order valence-corrected chi connectivity index (χ2v) is 8.56. The molecule has 4 heteroatoms. The Kier molecular flexibility index (Phi) is 9.66. The summed E-state index contributed by atoms with van der Waals surface area (Å²) >= 11 is 0. The summed E-state index contributed by atoms with van der Waals surface area (Å²) in [6.07, 6.45) is 2.22. The molecule has 2 fully saturated rings. The Labute approximate surface area is 175 Å². The first-order valence-electron chi connectivity index (χ1n) is 9.14. The van der Waals surface area contributed by atoms with E-state index in [1.54, 1.807) is 0 Å². The molecule has 26 heavy (non-hydrogen) atoms. The number of rotatable bonds is 2. The second-order valence-electron chi connectivity index (χ2n) is 7.60. The SMILES string of the molecule is C[C]1[CH][P][C](C2=N[C@@H](C(C)C)CO2)[C]1C.C[C]1[C](C)[C](C)[C](C)[C]1C.[Fe]. The van der Waals surface area contributed by atoms with Gasteiger partial charge < -0.3 is 4.74 Å². The van der Waals surface area contributed by atoms with Gasteiger partial charge in [0.05, 0.1) is 11.7 Å². The van der Waals surface area contributed by atoms with Crippen molar-refractivity contribution in [2.24, 2.45) is 10.9 Å². The number of hydrogen-bond acceptors (Lipinski definition) is 2. The van der Waals surface area contributed by atoms with Gasteiger partial charge in [-0.25, -0.2) is 4.99 Å². The Balaban J connectivity index is 0.000000270. The second kappa shape index (κ2) is 10.3. The number of nitrogens with zero attached hydrogens (tertiary/aromatic N) is 1. The molecular formula is C22H32FeNOP. The molecule has 0 spiro atoms. The number of hydrogen-bond donors (Lipinski definition) is 0. The van der Waals surface area contributed by atoms with E-state index in [4.69, 9.17) is 4.74 Å². The molecule has 2 nitrogen and oxygen atoms in total. The van der Waals surface area contributed by atoms with Gasteiger partial charge in [-0.3, -0.25) is 0 Å². The van der Waals surface area contributed by atoms with E-state index in [-0.39, 0.29) is 17.1 Å². The largest absolute Gasteiger partial charge is 0.478 e. The van der Waals surface area contributed by atoms with Crippen LogP contribution in [0.2, 0.25) is 0 Å². The van der Waals surface area contributed by atoms with Crippen LogP contribution in [0.25, 0.3) is 0 Å². The standard InChI is InChI=1S/C12H17NOP.C10H15.Fe/c1-7(2)10-5-14-12(13-10)11-9(4)8(3)6-15-11;1-6-7(2)9(4)10(5)8(6)3;/h6-7,10H,5H2,1-4H3;1-5H3;/t10-;;/m1../s1. The molecule has 10 radical (unpaired) electrons. The molecule has 0 N–H and O–H groups in total. The van der Waals surface area contributed by atoms with Gasteiger partial charge in [0.1, 0.15) is 6.61 Å². The van der Waals surface area contributed by atoms with Gasteiger partial charge in [-0.05, 0) is 47.6 Å². The third kappa shape index (κ3) is 5.27. The molecule has 3 aliphatic rings. The normalized spacial score (nSPS) is 29.2. The van der Waals surface area contributed by atoms with E-state index in [0.717, 1.165) is 12.5 Å². The van der Waals surface area contributed by atoms with Gasteiger partial charge in [-0.1, -0.05) is 70.9 Å². The molecule has 0 amide bonds. The topological polar surface area (TPSA) is 21.6 Å². The monoisotopic (exact) mass is 413 g/mol. The van der Waals surface area contributed by atoms with Crippen molar-refractivity contribution in [3.8, 4) is 0 Å². The van der Waals surface area contributed by atoms with Crippen LogP contribution in [0.15, 0.2) is 4.99 Å². The van der Waals surface area contributed by atoms with Gasteiger partial charge in [0.25, 0.3) is 0 Å². The maximum absolute atomic E-state index is 5.68. The maximum atomic E-state index is 5.68. The minimum absolute atomic E-state index is 0. The molecule has 0 aromatic heterocycles. The average molecular weight is 413 g/mol. The molecule has 2 heterocycles. The van der Waals surface area contributed by atoms with Gasteiger partial charge in [0.2, 0.25) is 0 Å². The van der Waals surface area contributed by atoms with Crippen LogP contribution in [0.4, 0.5) is 0 Å². The first-order chi connectivity index (χ1) is 11.6. The Bertz CT molecular complexity index is 424. The van der Waals surface area contributed by atoms with Crippen LogP contribution >= 0.6 is 8.58 Å². The number of ether oxygens (including phenoxy) is 1. The molecule has 1 aliphatic carbocycles. The van der Waals surface area contributed by atoms with Gasteiger partial charge >= 0.3 is 0 Å². The fourth-order valence-electron chi connectivity index (χ4n) is 3.02. The zero-order valence-corrected chi connectivity index (χ0v) is 19.6. The van der Waals surface area contributed by atoms with Gasteiger partial charge in [-0.15, -0.1) is 0 Å². The van der Waals surface area contributed by atoms with E-state index in [1.165, 1.54) is 55.7 Å². The minimum Gasteiger partial charge on any atom is -0.478 e. The first kappa shape index (κ1) is 24.5. The van der Waals surface area contributed by atoms with Crippen molar-refractivity contribution in [3.63, 3.8) is 0 Å². The summed E-state index contributed by atoms with van der Waals surface area (Å²) in [5.74, 6) is 11.5. The summed E-state index contributed by atoms with van der Waals surface area (Å²) in [7, 11) is 1.24. The van der Waals surface area contributed by atoms with Crippen molar-refractivity contribution in [2.75, 3.05) is 6.61 Å². The zero-order valence-electron chi connectivity index (χ0n) is 17.6. The van der Waals surface area contributed by atoms with Crippen LogP contribution < -0.4 is 0 Å². The van der Waals surface area contributed by atoms with Gasteiger partial charge in [0, 0.05) is 23.0 Å².